The number of amides is 1. The first kappa shape index (κ1) is 15.5. The van der Waals surface area contributed by atoms with E-state index in [1.165, 1.54) is 18.3 Å². The minimum absolute atomic E-state index is 0.00565. The van der Waals surface area contributed by atoms with Gasteiger partial charge in [0.1, 0.15) is 11.4 Å². The van der Waals surface area contributed by atoms with E-state index in [0.717, 1.165) is 0 Å². The third-order valence-corrected chi connectivity index (χ3v) is 2.65. The van der Waals surface area contributed by atoms with Crippen LogP contribution < -0.4 is 5.32 Å². The molecule has 8 nitrogen and oxygen atoms in total. The maximum Gasteiger partial charge on any atom is 0.413 e. The molecule has 2 N–H and O–H groups in total. The molecule has 8 heteroatoms. The lowest BCUT2D eigenvalue weighted by Crippen LogP contribution is -2.27. The molecule has 1 heterocycles. The Balaban J connectivity index is 2.19. The Bertz CT molecular complexity index is 686. The number of aromatic nitrogens is 2. The number of aromatic amines is 1. The summed E-state index contributed by atoms with van der Waals surface area (Å²) in [5.41, 5.74) is 0.678. The van der Waals surface area contributed by atoms with E-state index in [9.17, 15) is 14.9 Å². The lowest BCUT2D eigenvalue weighted by Gasteiger charge is -2.19. The van der Waals surface area contributed by atoms with Crippen LogP contribution >= 0.6 is 0 Å². The number of carbonyl (C=O) groups excluding carboxylic acids is 1. The zero-order valence-corrected chi connectivity index (χ0v) is 12.4. The molecule has 22 heavy (non-hydrogen) atoms. The Hall–Kier alpha value is -2.90. The van der Waals surface area contributed by atoms with Crippen molar-refractivity contribution in [3.05, 3.63) is 40.6 Å². The average Bonchev–Trinajstić information content (AvgIpc) is 2.84. The number of anilines is 1. The topological polar surface area (TPSA) is 110 Å². The Kier molecular flexibility index (Phi) is 4.11. The molecule has 0 bridgehead atoms. The van der Waals surface area contributed by atoms with Gasteiger partial charge in [-0.25, -0.2) is 4.79 Å². The number of ether oxygens (including phenoxy) is 1. The zero-order valence-electron chi connectivity index (χ0n) is 12.4. The molecule has 2 aromatic rings. The van der Waals surface area contributed by atoms with Crippen molar-refractivity contribution in [1.82, 2.24) is 10.2 Å². The highest BCUT2D eigenvalue weighted by molar-refractivity contribution is 5.89. The second-order valence-corrected chi connectivity index (χ2v) is 5.59. The van der Waals surface area contributed by atoms with Crippen LogP contribution in [0, 0.1) is 10.1 Å². The number of non-ortho nitro benzene ring substituents is 1. The van der Waals surface area contributed by atoms with Crippen molar-refractivity contribution in [2.75, 3.05) is 5.32 Å². The molecule has 116 valence electrons. The number of hydrogen-bond donors (Lipinski definition) is 2. The molecule has 1 aromatic heterocycles. The van der Waals surface area contributed by atoms with Gasteiger partial charge in [-0.15, -0.1) is 0 Å². The molecule has 0 saturated carbocycles. The number of hydrogen-bond acceptors (Lipinski definition) is 5. The van der Waals surface area contributed by atoms with Crippen molar-refractivity contribution in [3.63, 3.8) is 0 Å². The van der Waals surface area contributed by atoms with E-state index in [2.05, 4.69) is 15.5 Å². The Labute approximate surface area is 126 Å². The van der Waals surface area contributed by atoms with Gasteiger partial charge in [0, 0.05) is 17.7 Å². The number of carbonyl (C=O) groups is 1. The minimum atomic E-state index is -0.613. The van der Waals surface area contributed by atoms with Crippen LogP contribution in [-0.4, -0.2) is 26.8 Å². The summed E-state index contributed by atoms with van der Waals surface area (Å²) in [6, 6.07) is 5.95. The molecule has 0 aliphatic rings. The van der Waals surface area contributed by atoms with Crippen molar-refractivity contribution in [2.24, 2.45) is 0 Å². The van der Waals surface area contributed by atoms with Crippen LogP contribution in [-0.2, 0) is 4.74 Å². The van der Waals surface area contributed by atoms with Gasteiger partial charge in [0.2, 0.25) is 0 Å². The fraction of sp³-hybridized carbons (Fsp3) is 0.286. The highest BCUT2D eigenvalue weighted by atomic mass is 16.6. The first-order chi connectivity index (χ1) is 10.3. The molecule has 0 atom stereocenters. The molecule has 0 unspecified atom stereocenters. The highest BCUT2D eigenvalue weighted by Crippen LogP contribution is 2.27. The Morgan fingerprint density at radius 1 is 1.32 bits per heavy atom. The summed E-state index contributed by atoms with van der Waals surface area (Å²) >= 11 is 0. The normalized spacial score (nSPS) is 11.0. The number of rotatable bonds is 3. The van der Waals surface area contributed by atoms with Crippen molar-refractivity contribution in [3.8, 4) is 11.1 Å². The SMILES string of the molecule is CC(C)(C)OC(=O)Nc1[nH]ncc1-c1ccc([N+](=O)[O-])cc1. The van der Waals surface area contributed by atoms with Crippen molar-refractivity contribution in [1.29, 1.82) is 0 Å². The van der Waals surface area contributed by atoms with E-state index < -0.39 is 16.6 Å². The molecule has 0 radical (unpaired) electrons. The number of nitrogens with zero attached hydrogens (tertiary/aromatic N) is 2. The lowest BCUT2D eigenvalue weighted by atomic mass is 10.1. The van der Waals surface area contributed by atoms with E-state index in [1.807, 2.05) is 0 Å². The monoisotopic (exact) mass is 304 g/mol. The number of nitrogens with one attached hydrogen (secondary N) is 2. The molecule has 1 aromatic carbocycles. The van der Waals surface area contributed by atoms with E-state index >= 15 is 0 Å². The van der Waals surface area contributed by atoms with Gasteiger partial charge < -0.3 is 4.74 Å². The zero-order chi connectivity index (χ0) is 16.3. The predicted octanol–water partition coefficient (Wildman–Crippen LogP) is 3.33. The maximum absolute atomic E-state index is 11.8. The molecule has 0 saturated heterocycles. The average molecular weight is 304 g/mol. The van der Waals surface area contributed by atoms with Gasteiger partial charge in [0.05, 0.1) is 11.1 Å². The summed E-state index contributed by atoms with van der Waals surface area (Å²) in [5, 5.41) is 19.8. The second kappa shape index (κ2) is 5.84. The van der Waals surface area contributed by atoms with Gasteiger partial charge in [-0.2, -0.15) is 5.10 Å². The molecule has 0 aliphatic heterocycles. The number of H-pyrrole nitrogens is 1. The van der Waals surface area contributed by atoms with Gasteiger partial charge in [0.15, 0.2) is 0 Å². The smallest absolute Gasteiger partial charge is 0.413 e. The van der Waals surface area contributed by atoms with E-state index in [4.69, 9.17) is 4.74 Å². The molecule has 0 aliphatic carbocycles. The molecular formula is C14H16N4O4. The molecule has 0 spiro atoms. The van der Waals surface area contributed by atoms with E-state index in [-0.39, 0.29) is 5.69 Å². The summed E-state index contributed by atoms with van der Waals surface area (Å²) in [6.07, 6.45) is 0.911. The highest BCUT2D eigenvalue weighted by Gasteiger charge is 2.18. The molecule has 1 amide bonds. The van der Waals surface area contributed by atoms with Gasteiger partial charge >= 0.3 is 6.09 Å². The summed E-state index contributed by atoms with van der Waals surface area (Å²) < 4.78 is 5.17. The van der Waals surface area contributed by atoms with Crippen LogP contribution in [0.25, 0.3) is 11.1 Å². The predicted molar refractivity (Wildman–Crippen MR) is 80.5 cm³/mol. The molecule has 0 fully saturated rings. The quantitative estimate of drug-likeness (QED) is 0.667. The molecule has 2 rings (SSSR count). The van der Waals surface area contributed by atoms with Gasteiger partial charge in [0.25, 0.3) is 5.69 Å². The van der Waals surface area contributed by atoms with Gasteiger partial charge in [-0.05, 0) is 38.5 Å². The second-order valence-electron chi connectivity index (χ2n) is 5.59. The van der Waals surface area contributed by atoms with Gasteiger partial charge in [-0.1, -0.05) is 0 Å². The largest absolute Gasteiger partial charge is 0.444 e. The first-order valence-electron chi connectivity index (χ1n) is 6.54. The standard InChI is InChI=1S/C14H16N4O4/c1-14(2,3)22-13(19)16-12-11(8-15-17-12)9-4-6-10(7-5-9)18(20)21/h4-8H,1-3H3,(H2,15,16,17,19). The number of benzene rings is 1. The maximum atomic E-state index is 11.8. The number of nitro benzene ring substituents is 1. The van der Waals surface area contributed by atoms with Crippen molar-refractivity contribution < 1.29 is 14.5 Å². The number of nitro groups is 1. The van der Waals surface area contributed by atoms with E-state index in [1.54, 1.807) is 32.9 Å². The third-order valence-electron chi connectivity index (χ3n) is 2.65. The summed E-state index contributed by atoms with van der Waals surface area (Å²) in [4.78, 5) is 22.0. The van der Waals surface area contributed by atoms with Crippen molar-refractivity contribution in [2.45, 2.75) is 26.4 Å². The van der Waals surface area contributed by atoms with Crippen LogP contribution in [0.1, 0.15) is 20.8 Å². The Morgan fingerprint density at radius 2 is 1.95 bits per heavy atom. The van der Waals surface area contributed by atoms with Crippen LogP contribution in [0.15, 0.2) is 30.5 Å². The van der Waals surface area contributed by atoms with Gasteiger partial charge in [-0.3, -0.25) is 20.5 Å². The first-order valence-corrected chi connectivity index (χ1v) is 6.54. The van der Waals surface area contributed by atoms with Crippen molar-refractivity contribution >= 4 is 17.6 Å². The van der Waals surface area contributed by atoms with E-state index in [0.29, 0.717) is 16.9 Å². The molecular weight excluding hydrogens is 288 g/mol. The lowest BCUT2D eigenvalue weighted by molar-refractivity contribution is -0.384. The summed E-state index contributed by atoms with van der Waals surface area (Å²) in [6.45, 7) is 5.28. The van der Waals surface area contributed by atoms with Crippen LogP contribution in [0.5, 0.6) is 0 Å². The fourth-order valence-corrected chi connectivity index (χ4v) is 1.77. The minimum Gasteiger partial charge on any atom is -0.444 e. The summed E-state index contributed by atoms with van der Waals surface area (Å²) in [5.74, 6) is 0.364. The third kappa shape index (κ3) is 3.81. The van der Waals surface area contributed by atoms with Crippen LogP contribution in [0.3, 0.4) is 0 Å². The van der Waals surface area contributed by atoms with Crippen LogP contribution in [0.4, 0.5) is 16.3 Å². The fourth-order valence-electron chi connectivity index (χ4n) is 1.77. The summed E-state index contributed by atoms with van der Waals surface area (Å²) in [7, 11) is 0. The Morgan fingerprint density at radius 3 is 2.50 bits per heavy atom. The van der Waals surface area contributed by atoms with Crippen LogP contribution in [0.2, 0.25) is 0 Å².